The van der Waals surface area contributed by atoms with Crippen LogP contribution in [0.25, 0.3) is 11.0 Å². The van der Waals surface area contributed by atoms with E-state index in [1.807, 2.05) is 12.1 Å². The van der Waals surface area contributed by atoms with Gasteiger partial charge in [-0.25, -0.2) is 4.79 Å². The van der Waals surface area contributed by atoms with Crippen LogP contribution in [0, 0.1) is 0 Å². The Morgan fingerprint density at radius 2 is 1.82 bits per heavy atom. The summed E-state index contributed by atoms with van der Waals surface area (Å²) in [6.45, 7) is 6.72. The highest BCUT2D eigenvalue weighted by Gasteiger charge is 2.18. The minimum Gasteiger partial charge on any atom is -0.454 e. The highest BCUT2D eigenvalue weighted by molar-refractivity contribution is 5.95. The van der Waals surface area contributed by atoms with Crippen molar-refractivity contribution in [2.45, 2.75) is 32.7 Å². The Labute approximate surface area is 162 Å². The first-order valence-corrected chi connectivity index (χ1v) is 9.06. The molecule has 0 atom stereocenters. The molecule has 1 aliphatic rings. The molecule has 1 N–H and O–H groups in total. The number of benzene rings is 2. The zero-order valence-electron chi connectivity index (χ0n) is 16.0. The molecule has 1 aromatic heterocycles. The van der Waals surface area contributed by atoms with Crippen LogP contribution in [0.4, 0.5) is 0 Å². The van der Waals surface area contributed by atoms with Gasteiger partial charge in [0.15, 0.2) is 11.5 Å². The number of nitrogens with one attached hydrogen (secondary N) is 1. The smallest absolute Gasteiger partial charge is 0.336 e. The van der Waals surface area contributed by atoms with Gasteiger partial charge in [-0.3, -0.25) is 4.79 Å². The third-order valence-electron chi connectivity index (χ3n) is 4.77. The van der Waals surface area contributed by atoms with E-state index in [1.54, 1.807) is 24.3 Å². The Bertz CT molecular complexity index is 1120. The van der Waals surface area contributed by atoms with E-state index in [1.165, 1.54) is 6.07 Å². The van der Waals surface area contributed by atoms with Crippen LogP contribution in [-0.4, -0.2) is 12.7 Å². The van der Waals surface area contributed by atoms with Crippen LogP contribution in [0.3, 0.4) is 0 Å². The fourth-order valence-electron chi connectivity index (χ4n) is 3.16. The number of carbonyl (C=O) groups excluding carboxylic acids is 1. The van der Waals surface area contributed by atoms with Gasteiger partial charge < -0.3 is 19.2 Å². The van der Waals surface area contributed by atoms with Crippen molar-refractivity contribution in [2.24, 2.45) is 0 Å². The molecule has 6 heteroatoms. The highest BCUT2D eigenvalue weighted by atomic mass is 16.7. The fourth-order valence-corrected chi connectivity index (χ4v) is 3.16. The summed E-state index contributed by atoms with van der Waals surface area (Å²) in [5.41, 5.74) is 2.32. The molecule has 0 fully saturated rings. The summed E-state index contributed by atoms with van der Waals surface area (Å²) in [5.74, 6) is 0.915. The Balaban J connectivity index is 1.62. The van der Waals surface area contributed by atoms with Crippen molar-refractivity contribution >= 4 is 16.9 Å². The van der Waals surface area contributed by atoms with Gasteiger partial charge in [0.1, 0.15) is 5.58 Å². The summed E-state index contributed by atoms with van der Waals surface area (Å²) in [6.07, 6.45) is 0. The number of rotatable bonds is 3. The molecule has 1 amide bonds. The van der Waals surface area contributed by atoms with Gasteiger partial charge in [-0.1, -0.05) is 26.8 Å². The lowest BCUT2D eigenvalue weighted by atomic mass is 9.86. The van der Waals surface area contributed by atoms with E-state index in [0.717, 1.165) is 10.9 Å². The van der Waals surface area contributed by atoms with Gasteiger partial charge >= 0.3 is 5.63 Å². The molecule has 0 saturated carbocycles. The topological polar surface area (TPSA) is 77.8 Å². The number of ether oxygens (including phenoxy) is 2. The Morgan fingerprint density at radius 1 is 1.04 bits per heavy atom. The summed E-state index contributed by atoms with van der Waals surface area (Å²) in [6, 6.07) is 12.2. The molecule has 2 heterocycles. The van der Waals surface area contributed by atoms with E-state index in [2.05, 4.69) is 26.1 Å². The summed E-state index contributed by atoms with van der Waals surface area (Å²) >= 11 is 0. The molecule has 0 unspecified atom stereocenters. The van der Waals surface area contributed by atoms with Gasteiger partial charge in [-0.05, 0) is 46.9 Å². The molecule has 0 saturated heterocycles. The number of fused-ring (bicyclic) bond motifs is 2. The molecule has 0 radical (unpaired) electrons. The van der Waals surface area contributed by atoms with E-state index in [9.17, 15) is 9.59 Å². The number of hydrogen-bond donors (Lipinski definition) is 1. The Morgan fingerprint density at radius 3 is 2.61 bits per heavy atom. The number of carbonyl (C=O) groups is 1. The molecule has 1 aliphatic heterocycles. The lowest BCUT2D eigenvalue weighted by Gasteiger charge is -2.19. The van der Waals surface area contributed by atoms with Gasteiger partial charge in [-0.2, -0.15) is 0 Å². The average Bonchev–Trinajstić information content (AvgIpc) is 3.12. The standard InChI is InChI=1S/C22H21NO5/c1-22(2,3)15-5-7-17-16(10-15)14(9-20(24)28-17)11-23-21(25)13-4-6-18-19(8-13)27-12-26-18/h4-10H,11-12H2,1-3H3,(H,23,25). The molecule has 0 bridgehead atoms. The van der Waals surface area contributed by atoms with Crippen LogP contribution in [0.2, 0.25) is 0 Å². The van der Waals surface area contributed by atoms with Crippen molar-refractivity contribution in [1.82, 2.24) is 5.32 Å². The number of amides is 1. The first-order chi connectivity index (χ1) is 13.3. The van der Waals surface area contributed by atoms with Gasteiger partial charge in [0.2, 0.25) is 6.79 Å². The normalized spacial score (nSPS) is 13.0. The Kier molecular flexibility index (Phi) is 4.34. The maximum Gasteiger partial charge on any atom is 0.336 e. The maximum atomic E-state index is 12.6. The molecule has 0 aliphatic carbocycles. The number of hydrogen-bond acceptors (Lipinski definition) is 5. The SMILES string of the molecule is CC(C)(C)c1ccc2oc(=O)cc(CNC(=O)c3ccc4c(c3)OCO4)c2c1. The highest BCUT2D eigenvalue weighted by Crippen LogP contribution is 2.32. The first-order valence-electron chi connectivity index (χ1n) is 9.06. The fraction of sp³-hybridized carbons (Fsp3) is 0.273. The van der Waals surface area contributed by atoms with Crippen molar-refractivity contribution in [3.63, 3.8) is 0 Å². The summed E-state index contributed by atoms with van der Waals surface area (Å²) in [4.78, 5) is 24.5. The second-order valence-corrected chi connectivity index (χ2v) is 7.80. The molecule has 2 aromatic carbocycles. The molecule has 6 nitrogen and oxygen atoms in total. The van der Waals surface area contributed by atoms with E-state index >= 15 is 0 Å². The van der Waals surface area contributed by atoms with E-state index in [-0.39, 0.29) is 24.7 Å². The summed E-state index contributed by atoms with van der Waals surface area (Å²) < 4.78 is 15.9. The Hall–Kier alpha value is -3.28. The quantitative estimate of drug-likeness (QED) is 0.702. The monoisotopic (exact) mass is 379 g/mol. The van der Waals surface area contributed by atoms with Crippen molar-refractivity contribution in [3.05, 3.63) is 69.6 Å². The second kappa shape index (κ2) is 6.71. The van der Waals surface area contributed by atoms with Crippen molar-refractivity contribution in [3.8, 4) is 11.5 Å². The summed E-state index contributed by atoms with van der Waals surface area (Å²) in [7, 11) is 0. The predicted octanol–water partition coefficient (Wildman–Crippen LogP) is 3.75. The van der Waals surface area contributed by atoms with Gasteiger partial charge in [-0.15, -0.1) is 0 Å². The molecule has 0 spiro atoms. The third-order valence-corrected chi connectivity index (χ3v) is 4.77. The van der Waals surface area contributed by atoms with Gasteiger partial charge in [0.25, 0.3) is 5.91 Å². The zero-order chi connectivity index (χ0) is 19.9. The second-order valence-electron chi connectivity index (χ2n) is 7.80. The lowest BCUT2D eigenvalue weighted by molar-refractivity contribution is 0.0950. The maximum absolute atomic E-state index is 12.6. The molecule has 28 heavy (non-hydrogen) atoms. The molecular weight excluding hydrogens is 358 g/mol. The largest absolute Gasteiger partial charge is 0.454 e. The van der Waals surface area contributed by atoms with Crippen LogP contribution in [0.5, 0.6) is 11.5 Å². The minimum atomic E-state index is -0.441. The van der Waals surface area contributed by atoms with Gasteiger partial charge in [0, 0.05) is 23.6 Å². The van der Waals surface area contributed by atoms with Crippen molar-refractivity contribution in [1.29, 1.82) is 0 Å². The van der Waals surface area contributed by atoms with Crippen molar-refractivity contribution in [2.75, 3.05) is 6.79 Å². The average molecular weight is 379 g/mol. The zero-order valence-corrected chi connectivity index (χ0v) is 16.0. The predicted molar refractivity (Wildman–Crippen MR) is 105 cm³/mol. The molecule has 4 rings (SSSR count). The van der Waals surface area contributed by atoms with E-state index in [0.29, 0.717) is 28.2 Å². The van der Waals surface area contributed by atoms with Crippen LogP contribution < -0.4 is 20.4 Å². The van der Waals surface area contributed by atoms with Crippen LogP contribution in [0.1, 0.15) is 42.3 Å². The van der Waals surface area contributed by atoms with E-state index in [4.69, 9.17) is 13.9 Å². The van der Waals surface area contributed by atoms with Gasteiger partial charge in [0.05, 0.1) is 0 Å². The molecule has 144 valence electrons. The summed E-state index contributed by atoms with van der Waals surface area (Å²) in [5, 5.41) is 3.69. The minimum absolute atomic E-state index is 0.0443. The molecule has 3 aromatic rings. The van der Waals surface area contributed by atoms with Crippen LogP contribution in [0.15, 0.2) is 51.7 Å². The first kappa shape index (κ1) is 18.1. The van der Waals surface area contributed by atoms with Crippen molar-refractivity contribution < 1.29 is 18.7 Å². The lowest BCUT2D eigenvalue weighted by Crippen LogP contribution is -2.23. The van der Waals surface area contributed by atoms with E-state index < -0.39 is 5.63 Å². The van der Waals surface area contributed by atoms with Crippen LogP contribution >= 0.6 is 0 Å². The van der Waals surface area contributed by atoms with Crippen LogP contribution in [-0.2, 0) is 12.0 Å². The third kappa shape index (κ3) is 3.45. The molecular formula is C22H21NO5.